The molecule has 0 aliphatic heterocycles. The number of hydrogen-bond donors (Lipinski definition) is 2. The average molecular weight is 625 g/mol. The van der Waals surface area contributed by atoms with Crippen molar-refractivity contribution in [3.05, 3.63) is 77.6 Å². The maximum atomic E-state index is 13.1. The van der Waals surface area contributed by atoms with Crippen molar-refractivity contribution in [2.75, 3.05) is 18.5 Å². The number of carbonyl (C=O) groups is 2. The maximum Gasteiger partial charge on any atom is 0.336 e. The van der Waals surface area contributed by atoms with Gasteiger partial charge in [-0.2, -0.15) is 0 Å². The quantitative estimate of drug-likeness (QED) is 0.108. The molecule has 246 valence electrons. The summed E-state index contributed by atoms with van der Waals surface area (Å²) in [6, 6.07) is 19.1. The van der Waals surface area contributed by atoms with Crippen LogP contribution in [0.5, 0.6) is 0 Å². The van der Waals surface area contributed by atoms with Crippen molar-refractivity contribution in [3.63, 3.8) is 0 Å². The molecule has 3 aromatic carbocycles. The Morgan fingerprint density at radius 2 is 1.48 bits per heavy atom. The Balaban J connectivity index is 1.47. The number of nitrogens with one attached hydrogen (secondary N) is 1. The summed E-state index contributed by atoms with van der Waals surface area (Å²) in [6.45, 7) is 7.12. The second-order valence-corrected chi connectivity index (χ2v) is 12.5. The number of anilines is 1. The topological polar surface area (TPSA) is 87.5 Å². The van der Waals surface area contributed by atoms with E-state index in [1.807, 2.05) is 56.4 Å². The number of hydrogen-bond acceptors (Lipinski definition) is 3. The molecule has 7 heteroatoms. The number of urea groups is 1. The summed E-state index contributed by atoms with van der Waals surface area (Å²) < 4.78 is 2.18. The molecular formula is C39H52N4O3. The molecule has 0 atom stereocenters. The average Bonchev–Trinajstić information content (AvgIpc) is 3.43. The Hall–Kier alpha value is -4.13. The number of benzene rings is 3. The Morgan fingerprint density at radius 3 is 2.15 bits per heavy atom. The number of carboxylic acid groups (broad SMARTS) is 1. The van der Waals surface area contributed by atoms with Crippen LogP contribution in [0.15, 0.2) is 60.7 Å². The lowest BCUT2D eigenvalue weighted by molar-refractivity contribution is 0.0697. The monoisotopic (exact) mass is 624 g/mol. The number of aromatic nitrogens is 2. The van der Waals surface area contributed by atoms with E-state index < -0.39 is 5.97 Å². The Morgan fingerprint density at radius 1 is 0.804 bits per heavy atom. The van der Waals surface area contributed by atoms with Gasteiger partial charge in [0.15, 0.2) is 0 Å². The van der Waals surface area contributed by atoms with Crippen LogP contribution in [0, 0.1) is 6.92 Å². The lowest BCUT2D eigenvalue weighted by Gasteiger charge is -2.19. The van der Waals surface area contributed by atoms with E-state index in [1.54, 1.807) is 17.0 Å². The van der Waals surface area contributed by atoms with Crippen LogP contribution in [0.2, 0.25) is 0 Å². The van der Waals surface area contributed by atoms with Crippen LogP contribution in [0.3, 0.4) is 0 Å². The predicted molar refractivity (Wildman–Crippen MR) is 190 cm³/mol. The van der Waals surface area contributed by atoms with Gasteiger partial charge in [-0.15, -0.1) is 0 Å². The van der Waals surface area contributed by atoms with Crippen LogP contribution in [0.25, 0.3) is 27.8 Å². The predicted octanol–water partition coefficient (Wildman–Crippen LogP) is 10.1. The molecule has 0 aliphatic rings. The van der Waals surface area contributed by atoms with E-state index in [1.165, 1.54) is 51.4 Å². The fourth-order valence-corrected chi connectivity index (χ4v) is 6.15. The summed E-state index contributed by atoms with van der Waals surface area (Å²) in [7, 11) is 1.81. The first-order valence-corrected chi connectivity index (χ1v) is 17.3. The number of fused-ring (bicyclic) bond motifs is 1. The molecule has 0 saturated heterocycles. The molecular weight excluding hydrogens is 572 g/mol. The fourth-order valence-electron chi connectivity index (χ4n) is 6.15. The van der Waals surface area contributed by atoms with Crippen LogP contribution in [0.4, 0.5) is 10.5 Å². The van der Waals surface area contributed by atoms with Crippen LogP contribution in [0.1, 0.15) is 113 Å². The number of carboxylic acids is 1. The number of carbonyl (C=O) groups excluding carboxylic acids is 1. The summed E-state index contributed by atoms with van der Waals surface area (Å²) in [5.74, 6) is 0.0332. The highest BCUT2D eigenvalue weighted by atomic mass is 16.4. The van der Waals surface area contributed by atoms with E-state index in [4.69, 9.17) is 4.98 Å². The molecule has 0 saturated carbocycles. The van der Waals surface area contributed by atoms with E-state index in [0.29, 0.717) is 12.1 Å². The molecule has 1 aromatic heterocycles. The van der Waals surface area contributed by atoms with Gasteiger partial charge in [-0.25, -0.2) is 14.6 Å². The first-order chi connectivity index (χ1) is 22.3. The van der Waals surface area contributed by atoms with Crippen molar-refractivity contribution >= 4 is 28.7 Å². The minimum absolute atomic E-state index is 0.107. The molecule has 0 radical (unpaired) electrons. The standard InChI is InChI=1S/C39H52N4O3/c1-5-7-9-10-11-12-13-14-15-18-26-40-39(46)42(4)30-23-25-35-36(28-30)43(37(41-35)21-8-6-2)31-22-24-32(29(3)27-31)33-19-16-17-20-34(33)38(44)45/h16-17,19-20,22-25,27-28H,5-15,18,21,26H2,1-4H3,(H,40,46)(H,44,45). The van der Waals surface area contributed by atoms with Gasteiger partial charge in [-0.05, 0) is 72.9 Å². The van der Waals surface area contributed by atoms with Crippen molar-refractivity contribution < 1.29 is 14.7 Å². The first-order valence-electron chi connectivity index (χ1n) is 17.3. The van der Waals surface area contributed by atoms with Crippen molar-refractivity contribution in [1.82, 2.24) is 14.9 Å². The van der Waals surface area contributed by atoms with Gasteiger partial charge in [0.25, 0.3) is 0 Å². The molecule has 0 aliphatic carbocycles. The normalized spacial score (nSPS) is 11.2. The van der Waals surface area contributed by atoms with Crippen LogP contribution in [-0.2, 0) is 6.42 Å². The summed E-state index contributed by atoms with van der Waals surface area (Å²) in [6.07, 6.45) is 15.6. The van der Waals surface area contributed by atoms with Crippen molar-refractivity contribution in [1.29, 1.82) is 0 Å². The number of amides is 2. The molecule has 0 fully saturated rings. The first kappa shape index (κ1) is 34.7. The molecule has 0 bridgehead atoms. The largest absolute Gasteiger partial charge is 0.478 e. The van der Waals surface area contributed by atoms with E-state index >= 15 is 0 Å². The van der Waals surface area contributed by atoms with Gasteiger partial charge in [0, 0.05) is 31.4 Å². The van der Waals surface area contributed by atoms with E-state index in [2.05, 4.69) is 29.8 Å². The van der Waals surface area contributed by atoms with Crippen LogP contribution >= 0.6 is 0 Å². The van der Waals surface area contributed by atoms with Gasteiger partial charge >= 0.3 is 12.0 Å². The lowest BCUT2D eigenvalue weighted by Crippen LogP contribution is -2.37. The highest BCUT2D eigenvalue weighted by Gasteiger charge is 2.18. The molecule has 4 rings (SSSR count). The number of imidazole rings is 1. The second kappa shape index (κ2) is 17.5. The van der Waals surface area contributed by atoms with E-state index in [-0.39, 0.29) is 11.6 Å². The van der Waals surface area contributed by atoms with Gasteiger partial charge in [-0.1, -0.05) is 102 Å². The number of aromatic carboxylic acids is 1. The van der Waals surface area contributed by atoms with Crippen molar-refractivity contribution in [3.8, 4) is 16.8 Å². The fraction of sp³-hybridized carbons (Fsp3) is 0.462. The Kier molecular flexibility index (Phi) is 13.2. The maximum absolute atomic E-state index is 13.1. The third kappa shape index (κ3) is 8.99. The van der Waals surface area contributed by atoms with Gasteiger partial charge in [0.2, 0.25) is 0 Å². The van der Waals surface area contributed by atoms with Gasteiger partial charge < -0.3 is 10.4 Å². The van der Waals surface area contributed by atoms with Gasteiger partial charge in [0.05, 0.1) is 16.6 Å². The number of nitrogens with zero attached hydrogens (tertiary/aromatic N) is 3. The second-order valence-electron chi connectivity index (χ2n) is 12.5. The van der Waals surface area contributed by atoms with Crippen molar-refractivity contribution in [2.24, 2.45) is 0 Å². The SMILES string of the molecule is CCCCCCCCCCCCNC(=O)N(C)c1ccc2nc(CCCC)n(-c3ccc(-c4ccccc4C(=O)O)c(C)c3)c2c1. The third-order valence-corrected chi connectivity index (χ3v) is 8.88. The molecule has 0 spiro atoms. The van der Waals surface area contributed by atoms with E-state index in [0.717, 1.165) is 71.5 Å². The van der Waals surface area contributed by atoms with Crippen LogP contribution < -0.4 is 10.2 Å². The molecule has 4 aromatic rings. The molecule has 2 amide bonds. The molecule has 0 unspecified atom stereocenters. The summed E-state index contributed by atoms with van der Waals surface area (Å²) >= 11 is 0. The molecule has 2 N–H and O–H groups in total. The summed E-state index contributed by atoms with van der Waals surface area (Å²) in [5.41, 5.74) is 6.45. The van der Waals surface area contributed by atoms with E-state index in [9.17, 15) is 14.7 Å². The van der Waals surface area contributed by atoms with Crippen LogP contribution in [-0.4, -0.2) is 40.3 Å². The summed E-state index contributed by atoms with van der Waals surface area (Å²) in [4.78, 5) is 31.7. The third-order valence-electron chi connectivity index (χ3n) is 8.88. The zero-order valence-corrected chi connectivity index (χ0v) is 28.3. The lowest BCUT2D eigenvalue weighted by atomic mass is 9.95. The smallest absolute Gasteiger partial charge is 0.336 e. The zero-order chi connectivity index (χ0) is 32.9. The van der Waals surface area contributed by atoms with Gasteiger partial charge in [0.1, 0.15) is 5.82 Å². The number of unbranched alkanes of at least 4 members (excludes halogenated alkanes) is 10. The number of aryl methyl sites for hydroxylation is 2. The minimum atomic E-state index is -0.939. The summed E-state index contributed by atoms with van der Waals surface area (Å²) in [5, 5.41) is 12.9. The molecule has 7 nitrogen and oxygen atoms in total. The molecule has 46 heavy (non-hydrogen) atoms. The highest BCUT2D eigenvalue weighted by molar-refractivity contribution is 5.97. The Labute approximate surface area is 275 Å². The highest BCUT2D eigenvalue weighted by Crippen LogP contribution is 2.32. The number of rotatable bonds is 18. The van der Waals surface area contributed by atoms with Crippen molar-refractivity contribution in [2.45, 2.75) is 104 Å². The molecule has 1 heterocycles. The minimum Gasteiger partial charge on any atom is -0.478 e. The zero-order valence-electron chi connectivity index (χ0n) is 28.3. The van der Waals surface area contributed by atoms with Gasteiger partial charge in [-0.3, -0.25) is 9.47 Å². The Bertz CT molecular complexity index is 1590.